The summed E-state index contributed by atoms with van der Waals surface area (Å²) in [6, 6.07) is 0. The van der Waals surface area contributed by atoms with Crippen LogP contribution in [0, 0.1) is 0 Å². The van der Waals surface area contributed by atoms with Crippen molar-refractivity contribution >= 4 is 32.7 Å². The van der Waals surface area contributed by atoms with Crippen LogP contribution in [-0.2, 0) is 9.59 Å². The second kappa shape index (κ2) is 5.61. The Bertz CT molecular complexity index is 119. The molecule has 0 amide bonds. The lowest BCUT2D eigenvalue weighted by Gasteiger charge is -1.92. The molecule has 0 aliphatic heterocycles. The van der Waals surface area contributed by atoms with E-state index in [4.69, 9.17) is 5.11 Å². The zero-order valence-electron chi connectivity index (χ0n) is 5.49. The molecule has 0 radical (unpaired) electrons. The molecule has 0 aromatic rings. The fourth-order valence-corrected chi connectivity index (χ4v) is 1.76. The molecular formula is C5H8O3S2. The molecule has 0 aromatic carbocycles. The monoisotopic (exact) mass is 180 g/mol. The lowest BCUT2D eigenvalue weighted by Crippen LogP contribution is -1.95. The van der Waals surface area contributed by atoms with Gasteiger partial charge in [0.1, 0.15) is 0 Å². The van der Waals surface area contributed by atoms with Crippen molar-refractivity contribution in [1.29, 1.82) is 0 Å². The Morgan fingerprint density at radius 3 is 2.50 bits per heavy atom. The number of carbonyl (C=O) groups is 2. The van der Waals surface area contributed by atoms with Crippen molar-refractivity contribution in [2.24, 2.45) is 0 Å². The van der Waals surface area contributed by atoms with Crippen molar-refractivity contribution in [2.45, 2.75) is 13.3 Å². The van der Waals surface area contributed by atoms with Gasteiger partial charge in [-0.1, -0.05) is 10.8 Å². The van der Waals surface area contributed by atoms with E-state index in [9.17, 15) is 9.59 Å². The summed E-state index contributed by atoms with van der Waals surface area (Å²) in [7, 11) is 2.36. The minimum atomic E-state index is -0.823. The molecule has 10 heavy (non-hydrogen) atoms. The van der Waals surface area contributed by atoms with Gasteiger partial charge < -0.3 is 5.11 Å². The Labute approximate surface area is 67.0 Å². The Morgan fingerprint density at radius 2 is 2.10 bits per heavy atom. The topological polar surface area (TPSA) is 54.4 Å². The highest BCUT2D eigenvalue weighted by Crippen LogP contribution is 2.21. The van der Waals surface area contributed by atoms with Crippen molar-refractivity contribution in [3.8, 4) is 0 Å². The molecule has 0 rings (SSSR count). The van der Waals surface area contributed by atoms with Gasteiger partial charge in [-0.05, 0) is 10.8 Å². The highest BCUT2D eigenvalue weighted by Gasteiger charge is 1.98. The molecule has 3 nitrogen and oxygen atoms in total. The van der Waals surface area contributed by atoms with Gasteiger partial charge in [0.2, 0.25) is 0 Å². The smallest absolute Gasteiger partial charge is 0.304 e. The van der Waals surface area contributed by atoms with Crippen LogP contribution in [0.5, 0.6) is 0 Å². The van der Waals surface area contributed by atoms with Crippen molar-refractivity contribution in [2.75, 3.05) is 5.75 Å². The van der Waals surface area contributed by atoms with E-state index >= 15 is 0 Å². The van der Waals surface area contributed by atoms with E-state index in [0.717, 1.165) is 10.8 Å². The van der Waals surface area contributed by atoms with E-state index in [-0.39, 0.29) is 11.5 Å². The number of aliphatic carboxylic acids is 1. The molecule has 0 aromatic heterocycles. The Balaban J connectivity index is 3.06. The Kier molecular flexibility index (Phi) is 5.52. The minimum Gasteiger partial charge on any atom is -0.481 e. The van der Waals surface area contributed by atoms with Crippen molar-refractivity contribution < 1.29 is 14.7 Å². The first-order chi connectivity index (χ1) is 4.63. The number of carbonyl (C=O) groups excluding carboxylic acids is 1. The van der Waals surface area contributed by atoms with Gasteiger partial charge in [0.15, 0.2) is 5.12 Å². The van der Waals surface area contributed by atoms with E-state index in [1.54, 1.807) is 0 Å². The molecule has 0 fully saturated rings. The zero-order chi connectivity index (χ0) is 7.98. The van der Waals surface area contributed by atoms with E-state index in [0.29, 0.717) is 5.75 Å². The van der Waals surface area contributed by atoms with Crippen molar-refractivity contribution in [1.82, 2.24) is 0 Å². The van der Waals surface area contributed by atoms with Crippen LogP contribution in [0.15, 0.2) is 0 Å². The average Bonchev–Trinajstić information content (AvgIpc) is 1.79. The molecule has 58 valence electrons. The van der Waals surface area contributed by atoms with E-state index in [2.05, 4.69) is 0 Å². The molecule has 0 spiro atoms. The minimum absolute atomic E-state index is 0.00962. The first kappa shape index (κ1) is 9.84. The molecule has 5 heteroatoms. The number of carboxylic acids is 1. The molecule has 0 unspecified atom stereocenters. The summed E-state index contributed by atoms with van der Waals surface area (Å²) in [5, 5.41) is 8.18. The molecule has 1 N–H and O–H groups in total. The van der Waals surface area contributed by atoms with Gasteiger partial charge in [-0.25, -0.2) is 0 Å². The summed E-state index contributed by atoms with van der Waals surface area (Å²) in [4.78, 5) is 20.2. The number of hydrogen-bond donors (Lipinski definition) is 1. The van der Waals surface area contributed by atoms with Gasteiger partial charge in [0.05, 0.1) is 6.42 Å². The molecular weight excluding hydrogens is 172 g/mol. The second-order valence-electron chi connectivity index (χ2n) is 1.54. The summed E-state index contributed by atoms with van der Waals surface area (Å²) >= 11 is 0. The highest BCUT2D eigenvalue weighted by atomic mass is 33.1. The van der Waals surface area contributed by atoms with Crippen LogP contribution in [0.3, 0.4) is 0 Å². The van der Waals surface area contributed by atoms with Gasteiger partial charge in [-0.15, -0.1) is 0 Å². The molecule has 0 bridgehead atoms. The summed E-state index contributed by atoms with van der Waals surface area (Å²) in [6.07, 6.45) is 0.116. The fraction of sp³-hybridized carbons (Fsp3) is 0.600. The molecule has 0 aliphatic carbocycles. The maximum Gasteiger partial charge on any atom is 0.304 e. The number of rotatable bonds is 4. The zero-order valence-corrected chi connectivity index (χ0v) is 7.13. The largest absolute Gasteiger partial charge is 0.481 e. The van der Waals surface area contributed by atoms with Crippen LogP contribution in [0.25, 0.3) is 0 Å². The average molecular weight is 180 g/mol. The lowest BCUT2D eigenvalue weighted by molar-refractivity contribution is -0.136. The first-order valence-electron chi connectivity index (χ1n) is 2.64. The Morgan fingerprint density at radius 1 is 1.50 bits per heavy atom. The Hall–Kier alpha value is -0.160. The molecule has 0 atom stereocenters. The quantitative estimate of drug-likeness (QED) is 0.523. The van der Waals surface area contributed by atoms with Crippen molar-refractivity contribution in [3.05, 3.63) is 0 Å². The van der Waals surface area contributed by atoms with Crippen LogP contribution in [0.4, 0.5) is 0 Å². The third-order valence-corrected chi connectivity index (χ3v) is 2.86. The summed E-state index contributed by atoms with van der Waals surface area (Å²) < 4.78 is 0. The summed E-state index contributed by atoms with van der Waals surface area (Å²) in [5.41, 5.74) is 0. The van der Waals surface area contributed by atoms with Gasteiger partial charge in [0, 0.05) is 12.7 Å². The van der Waals surface area contributed by atoms with Crippen LogP contribution >= 0.6 is 21.6 Å². The summed E-state index contributed by atoms with van der Waals surface area (Å²) in [6.45, 7) is 1.46. The number of carboxylic acid groups (broad SMARTS) is 1. The van der Waals surface area contributed by atoms with Crippen molar-refractivity contribution in [3.63, 3.8) is 0 Å². The third-order valence-electron chi connectivity index (χ3n) is 0.576. The van der Waals surface area contributed by atoms with Gasteiger partial charge in [-0.3, -0.25) is 9.59 Å². The fourth-order valence-electron chi connectivity index (χ4n) is 0.254. The van der Waals surface area contributed by atoms with Gasteiger partial charge >= 0.3 is 5.97 Å². The second-order valence-corrected chi connectivity index (χ2v) is 4.13. The predicted molar refractivity (Wildman–Crippen MR) is 43.0 cm³/mol. The molecule has 0 aliphatic rings. The normalized spacial score (nSPS) is 9.30. The number of hydrogen-bond acceptors (Lipinski definition) is 4. The van der Waals surface area contributed by atoms with Gasteiger partial charge in [0.25, 0.3) is 0 Å². The third kappa shape index (κ3) is 7.84. The first-order valence-corrected chi connectivity index (χ1v) is 4.96. The van der Waals surface area contributed by atoms with Crippen LogP contribution < -0.4 is 0 Å². The van der Waals surface area contributed by atoms with E-state index in [1.165, 1.54) is 17.7 Å². The van der Waals surface area contributed by atoms with E-state index < -0.39 is 5.97 Å². The lowest BCUT2D eigenvalue weighted by atomic mass is 10.5. The molecule has 0 saturated carbocycles. The van der Waals surface area contributed by atoms with Crippen LogP contribution in [-0.4, -0.2) is 21.9 Å². The molecule has 0 heterocycles. The SMILES string of the molecule is CC(=O)SSCCC(=O)O. The predicted octanol–water partition coefficient (Wildman–Crippen LogP) is 1.39. The van der Waals surface area contributed by atoms with Crippen LogP contribution in [0.2, 0.25) is 0 Å². The highest BCUT2D eigenvalue weighted by molar-refractivity contribution is 8.82. The van der Waals surface area contributed by atoms with E-state index in [1.807, 2.05) is 0 Å². The van der Waals surface area contributed by atoms with Gasteiger partial charge in [-0.2, -0.15) is 0 Å². The van der Waals surface area contributed by atoms with Crippen LogP contribution in [0.1, 0.15) is 13.3 Å². The summed E-state index contributed by atoms with van der Waals surface area (Å²) in [5.74, 6) is -0.337. The maximum atomic E-state index is 10.3. The maximum absolute atomic E-state index is 10.3. The standard InChI is InChI=1S/C5H8O3S2/c1-4(6)10-9-3-2-5(7)8/h2-3H2,1H3,(H,7,8). The molecule has 0 saturated heterocycles.